The first kappa shape index (κ1) is 27.9. The van der Waals surface area contributed by atoms with Crippen molar-refractivity contribution in [2.75, 3.05) is 13.7 Å². The summed E-state index contributed by atoms with van der Waals surface area (Å²) in [4.78, 5) is 50.3. The Morgan fingerprint density at radius 1 is 0.951 bits per heavy atom. The maximum Gasteiger partial charge on any atom is 0.344 e. The summed E-state index contributed by atoms with van der Waals surface area (Å²) in [5.74, 6) is -0.170. The number of hydrogen-bond acceptors (Lipinski definition) is 7. The number of oxime groups is 1. The number of piperidine rings is 2. The first-order chi connectivity index (χ1) is 19.9. The molecule has 1 aromatic carbocycles. The van der Waals surface area contributed by atoms with Crippen LogP contribution in [-0.4, -0.2) is 68.9 Å². The largest absolute Gasteiger partial charge is 0.479 e. The molecule has 1 amide bonds. The van der Waals surface area contributed by atoms with Crippen molar-refractivity contribution >= 4 is 28.6 Å². The zero-order chi connectivity index (χ0) is 28.5. The Balaban J connectivity index is 1.35. The van der Waals surface area contributed by atoms with E-state index >= 15 is 0 Å². The maximum atomic E-state index is 14.2. The molecule has 2 aromatic rings. The first-order valence-electron chi connectivity index (χ1n) is 15.4. The molecule has 1 aromatic heterocycles. The summed E-state index contributed by atoms with van der Waals surface area (Å²) < 4.78 is 1.83. The van der Waals surface area contributed by atoms with E-state index in [1.54, 1.807) is 0 Å². The molecule has 10 nitrogen and oxygen atoms in total. The van der Waals surface area contributed by atoms with Gasteiger partial charge in [0.25, 0.3) is 11.5 Å². The molecule has 2 N–H and O–H groups in total. The van der Waals surface area contributed by atoms with Crippen LogP contribution in [0.3, 0.4) is 0 Å². The molecular formula is C31H41N5O5. The van der Waals surface area contributed by atoms with Gasteiger partial charge in [0.2, 0.25) is 6.61 Å². The van der Waals surface area contributed by atoms with E-state index in [0.29, 0.717) is 23.6 Å². The number of hydrogen-bond donors (Lipinski definition) is 2. The second kappa shape index (κ2) is 11.9. The summed E-state index contributed by atoms with van der Waals surface area (Å²) in [5.41, 5.74) is 0.480. The molecule has 5 atom stereocenters. The fourth-order valence-electron chi connectivity index (χ4n) is 8.44. The monoisotopic (exact) mass is 563 g/mol. The predicted octanol–water partition coefficient (Wildman–Crippen LogP) is 3.86. The molecule has 0 radical (unpaired) electrons. The SMILES string of the molecule is CNC(=O)/C(=N\OCC(=O)O)c1nc2ccccc2n(C2C[C@H]3CCC[C@@H](C2)N3C2CC3CCCCC(C3)C2)c1=O. The fourth-order valence-corrected chi connectivity index (χ4v) is 8.44. The molecule has 6 rings (SSSR count). The van der Waals surface area contributed by atoms with Gasteiger partial charge in [-0.1, -0.05) is 49.4 Å². The highest BCUT2D eigenvalue weighted by Gasteiger charge is 2.45. The minimum absolute atomic E-state index is 0.0301. The van der Waals surface area contributed by atoms with Crippen LogP contribution in [0, 0.1) is 11.8 Å². The second-order valence-corrected chi connectivity index (χ2v) is 12.5. The number of carbonyl (C=O) groups excluding carboxylic acids is 1. The number of likely N-dealkylation sites (N-methyl/N-ethyl adjacent to an activating group) is 1. The van der Waals surface area contributed by atoms with Crippen molar-refractivity contribution < 1.29 is 19.5 Å². The number of benzene rings is 1. The quantitative estimate of drug-likeness (QED) is 0.387. The van der Waals surface area contributed by atoms with Crippen LogP contribution in [-0.2, 0) is 14.4 Å². The molecule has 0 spiro atoms. The Labute approximate surface area is 240 Å². The van der Waals surface area contributed by atoms with Crippen LogP contribution in [0.5, 0.6) is 0 Å². The molecule has 2 saturated carbocycles. The van der Waals surface area contributed by atoms with Gasteiger partial charge >= 0.3 is 5.97 Å². The lowest BCUT2D eigenvalue weighted by Crippen LogP contribution is -2.58. The van der Waals surface area contributed by atoms with Gasteiger partial charge in [0.1, 0.15) is 0 Å². The van der Waals surface area contributed by atoms with Crippen LogP contribution in [0.2, 0.25) is 0 Å². The number of rotatable bonds is 7. The van der Waals surface area contributed by atoms with Gasteiger partial charge in [-0.3, -0.25) is 14.5 Å². The van der Waals surface area contributed by atoms with Gasteiger partial charge in [0.05, 0.1) is 11.0 Å². The Hall–Kier alpha value is -3.27. The van der Waals surface area contributed by atoms with E-state index in [0.717, 1.165) is 43.0 Å². The van der Waals surface area contributed by atoms with Gasteiger partial charge in [-0.15, -0.1) is 0 Å². The lowest BCUT2D eigenvalue weighted by Gasteiger charge is -2.54. The lowest BCUT2D eigenvalue weighted by molar-refractivity contribution is -0.142. The highest BCUT2D eigenvalue weighted by molar-refractivity contribution is 6.44. The number of aromatic nitrogens is 2. The highest BCUT2D eigenvalue weighted by Crippen LogP contribution is 2.47. The number of carboxylic acid groups (broad SMARTS) is 1. The average Bonchev–Trinajstić information content (AvgIpc) is 3.13. The van der Waals surface area contributed by atoms with Crippen molar-refractivity contribution in [3.8, 4) is 0 Å². The zero-order valence-electron chi connectivity index (χ0n) is 23.8. The Morgan fingerprint density at radius 3 is 2.29 bits per heavy atom. The number of carboxylic acids is 1. The van der Waals surface area contributed by atoms with Gasteiger partial charge in [0, 0.05) is 31.2 Å². The van der Waals surface area contributed by atoms with Crippen molar-refractivity contribution in [1.82, 2.24) is 19.8 Å². The minimum Gasteiger partial charge on any atom is -0.479 e. The van der Waals surface area contributed by atoms with Crippen LogP contribution in [0.25, 0.3) is 11.0 Å². The van der Waals surface area contributed by atoms with E-state index < -0.39 is 24.0 Å². The van der Waals surface area contributed by atoms with E-state index in [1.807, 2.05) is 28.8 Å². The number of amides is 1. The second-order valence-electron chi connectivity index (χ2n) is 12.5. The molecule has 2 saturated heterocycles. The normalized spacial score (nSPS) is 30.4. The van der Waals surface area contributed by atoms with Crippen molar-refractivity contribution in [2.24, 2.45) is 17.0 Å². The number of fused-ring (bicyclic) bond motifs is 5. The van der Waals surface area contributed by atoms with Crippen LogP contribution < -0.4 is 10.9 Å². The summed E-state index contributed by atoms with van der Waals surface area (Å²) >= 11 is 0. The highest BCUT2D eigenvalue weighted by atomic mass is 16.6. The third-order valence-corrected chi connectivity index (χ3v) is 9.95. The zero-order valence-corrected chi connectivity index (χ0v) is 23.8. The van der Waals surface area contributed by atoms with E-state index in [2.05, 4.69) is 20.4 Å². The minimum atomic E-state index is -1.23. The molecule has 4 fully saturated rings. The molecule has 10 heteroatoms. The van der Waals surface area contributed by atoms with Gasteiger partial charge in [-0.2, -0.15) is 0 Å². The van der Waals surface area contributed by atoms with Crippen LogP contribution >= 0.6 is 0 Å². The molecule has 3 unspecified atom stereocenters. The number of aliphatic carboxylic acids is 1. The maximum absolute atomic E-state index is 14.2. The molecule has 2 aliphatic carbocycles. The van der Waals surface area contributed by atoms with Crippen LogP contribution in [0.4, 0.5) is 0 Å². The Morgan fingerprint density at radius 2 is 1.63 bits per heavy atom. The molecule has 4 bridgehead atoms. The van der Waals surface area contributed by atoms with E-state index in [-0.39, 0.29) is 17.4 Å². The third-order valence-electron chi connectivity index (χ3n) is 9.95. The first-order valence-corrected chi connectivity index (χ1v) is 15.4. The van der Waals surface area contributed by atoms with Gasteiger partial charge in [0.15, 0.2) is 11.4 Å². The number of nitrogens with one attached hydrogen (secondary N) is 1. The lowest BCUT2D eigenvalue weighted by atomic mass is 9.73. The molecule has 3 heterocycles. The fraction of sp³-hybridized carbons (Fsp3) is 0.645. The third kappa shape index (κ3) is 5.63. The van der Waals surface area contributed by atoms with Gasteiger partial charge in [-0.25, -0.2) is 9.78 Å². The van der Waals surface area contributed by atoms with Gasteiger partial charge < -0.3 is 19.8 Å². The molecular weight excluding hydrogens is 522 g/mol. The summed E-state index contributed by atoms with van der Waals surface area (Å²) in [6.45, 7) is -0.729. The van der Waals surface area contributed by atoms with Crippen molar-refractivity contribution in [3.05, 3.63) is 40.3 Å². The topological polar surface area (TPSA) is 126 Å². The number of carbonyl (C=O) groups is 2. The molecule has 2 aliphatic heterocycles. The predicted molar refractivity (Wildman–Crippen MR) is 155 cm³/mol. The molecule has 41 heavy (non-hydrogen) atoms. The number of para-hydroxylation sites is 2. The Bertz CT molecular complexity index is 1360. The number of nitrogens with zero attached hydrogens (tertiary/aromatic N) is 4. The average molecular weight is 564 g/mol. The van der Waals surface area contributed by atoms with E-state index in [9.17, 15) is 14.4 Å². The van der Waals surface area contributed by atoms with Crippen LogP contribution in [0.1, 0.15) is 88.8 Å². The smallest absolute Gasteiger partial charge is 0.344 e. The molecule has 220 valence electrons. The standard InChI is InChI=1S/C31H41N5O5/c1-32-30(39)28(34-41-18-27(37)38)29-31(40)36(26-12-5-4-11-25(26)33-29)24-16-21-9-6-10-22(17-24)35(21)23-14-19-7-2-3-8-20(13-19)15-23/h4-5,11-12,19-24H,2-3,6-10,13-18H2,1H3,(H,32,39)(H,37,38)/b34-28-/t19?,20?,21-,22+,23?,24?. The summed E-state index contributed by atoms with van der Waals surface area (Å²) in [7, 11) is 1.42. The van der Waals surface area contributed by atoms with Crippen molar-refractivity contribution in [2.45, 2.75) is 101 Å². The van der Waals surface area contributed by atoms with E-state index in [1.165, 1.54) is 58.4 Å². The van der Waals surface area contributed by atoms with E-state index in [4.69, 9.17) is 9.94 Å². The Kier molecular flexibility index (Phi) is 8.10. The summed E-state index contributed by atoms with van der Waals surface area (Å²) in [6, 6.07) is 8.99. The van der Waals surface area contributed by atoms with Crippen molar-refractivity contribution in [1.29, 1.82) is 0 Å². The van der Waals surface area contributed by atoms with Crippen molar-refractivity contribution in [3.63, 3.8) is 0 Å². The summed E-state index contributed by atoms with van der Waals surface area (Å²) in [6.07, 6.45) is 14.9. The van der Waals surface area contributed by atoms with Crippen LogP contribution in [0.15, 0.2) is 34.2 Å². The molecule has 4 aliphatic rings. The summed E-state index contributed by atoms with van der Waals surface area (Å²) in [5, 5.41) is 15.2. The van der Waals surface area contributed by atoms with Gasteiger partial charge in [-0.05, 0) is 68.9 Å².